The lowest BCUT2D eigenvalue weighted by Gasteiger charge is -2.26. The van der Waals surface area contributed by atoms with Crippen LogP contribution in [0.2, 0.25) is 5.02 Å². The molecule has 10 nitrogen and oxygen atoms in total. The molecule has 0 aliphatic carbocycles. The Hall–Kier alpha value is -2.99. The quantitative estimate of drug-likeness (QED) is 0.456. The highest BCUT2D eigenvalue weighted by atomic mass is 35.5. The first-order valence-corrected chi connectivity index (χ1v) is 11.7. The van der Waals surface area contributed by atoms with Crippen LogP contribution in [0.5, 0.6) is 0 Å². The van der Waals surface area contributed by atoms with E-state index in [4.69, 9.17) is 21.1 Å². The number of rotatable bonds is 6. The molecule has 0 saturated carbocycles. The zero-order chi connectivity index (χ0) is 24.0. The lowest BCUT2D eigenvalue weighted by Crippen LogP contribution is -2.43. The molecular formula is C21H22ClN3O7S. The molecule has 0 radical (unpaired) electrons. The number of morpholine rings is 1. The summed E-state index contributed by atoms with van der Waals surface area (Å²) in [5.74, 6) is -2.32. The van der Waals surface area contributed by atoms with Gasteiger partial charge in [0.25, 0.3) is 11.8 Å². The van der Waals surface area contributed by atoms with Crippen LogP contribution in [-0.4, -0.2) is 63.4 Å². The predicted molar refractivity (Wildman–Crippen MR) is 118 cm³/mol. The lowest BCUT2D eigenvalue weighted by molar-refractivity contribution is -0.125. The molecule has 2 aromatic carbocycles. The van der Waals surface area contributed by atoms with E-state index in [1.165, 1.54) is 34.6 Å². The van der Waals surface area contributed by atoms with Gasteiger partial charge in [0.2, 0.25) is 10.0 Å². The molecule has 1 saturated heterocycles. The first-order chi connectivity index (χ1) is 15.7. The van der Waals surface area contributed by atoms with Crippen LogP contribution >= 0.6 is 11.6 Å². The van der Waals surface area contributed by atoms with E-state index in [0.29, 0.717) is 18.8 Å². The maximum atomic E-state index is 12.9. The van der Waals surface area contributed by atoms with Crippen molar-refractivity contribution >= 4 is 39.4 Å². The molecule has 0 unspecified atom stereocenters. The first-order valence-electron chi connectivity index (χ1n) is 9.89. The Morgan fingerprint density at radius 3 is 2.48 bits per heavy atom. The molecular weight excluding hydrogens is 474 g/mol. The fourth-order valence-electron chi connectivity index (χ4n) is 3.02. The standard InChI is InChI=1S/C21H22ClN3O7S/c1-14-6-7-15(12-18(14)33(29,30)25-8-10-31-11-9-25)21(28)32-13-19(26)23-24-20(27)16-4-2-3-5-17(16)22/h2-7,12H,8-11,13H2,1H3,(H,23,26)(H,24,27). The number of carbonyl (C=O) groups is 3. The number of hydrogen-bond acceptors (Lipinski definition) is 7. The number of benzene rings is 2. The molecule has 176 valence electrons. The third-order valence-corrected chi connectivity index (χ3v) is 7.15. The van der Waals surface area contributed by atoms with E-state index >= 15 is 0 Å². The molecule has 1 heterocycles. The van der Waals surface area contributed by atoms with Crippen LogP contribution in [0.15, 0.2) is 47.4 Å². The maximum absolute atomic E-state index is 12.9. The number of hydrazine groups is 1. The summed E-state index contributed by atoms with van der Waals surface area (Å²) in [6.07, 6.45) is 0. The van der Waals surface area contributed by atoms with Gasteiger partial charge in [0.1, 0.15) is 0 Å². The molecule has 33 heavy (non-hydrogen) atoms. The summed E-state index contributed by atoms with van der Waals surface area (Å²) >= 11 is 5.92. The number of sulfonamides is 1. The Balaban J connectivity index is 1.59. The third kappa shape index (κ3) is 6.08. The van der Waals surface area contributed by atoms with Gasteiger partial charge in [0.05, 0.1) is 34.3 Å². The highest BCUT2D eigenvalue weighted by Gasteiger charge is 2.28. The van der Waals surface area contributed by atoms with Gasteiger partial charge < -0.3 is 9.47 Å². The Morgan fingerprint density at radius 2 is 1.79 bits per heavy atom. The van der Waals surface area contributed by atoms with E-state index in [2.05, 4.69) is 10.9 Å². The minimum atomic E-state index is -3.82. The van der Waals surface area contributed by atoms with Crippen LogP contribution in [0.1, 0.15) is 26.3 Å². The van der Waals surface area contributed by atoms with Gasteiger partial charge in [0, 0.05) is 13.1 Å². The van der Waals surface area contributed by atoms with Crippen LogP contribution < -0.4 is 10.9 Å². The van der Waals surface area contributed by atoms with Crippen molar-refractivity contribution in [1.29, 1.82) is 0 Å². The molecule has 0 spiro atoms. The third-order valence-electron chi connectivity index (χ3n) is 4.78. The highest BCUT2D eigenvalue weighted by Crippen LogP contribution is 2.22. The minimum Gasteiger partial charge on any atom is -0.452 e. The largest absolute Gasteiger partial charge is 0.452 e. The molecule has 2 amide bonds. The van der Waals surface area contributed by atoms with Crippen LogP contribution in [0.25, 0.3) is 0 Å². The summed E-state index contributed by atoms with van der Waals surface area (Å²) < 4.78 is 37.3. The van der Waals surface area contributed by atoms with Crippen molar-refractivity contribution in [1.82, 2.24) is 15.2 Å². The van der Waals surface area contributed by atoms with E-state index in [1.807, 2.05) is 0 Å². The number of amides is 2. The van der Waals surface area contributed by atoms with E-state index in [1.54, 1.807) is 19.1 Å². The van der Waals surface area contributed by atoms with Gasteiger partial charge in [-0.3, -0.25) is 20.4 Å². The van der Waals surface area contributed by atoms with Gasteiger partial charge in [-0.2, -0.15) is 4.31 Å². The molecule has 0 atom stereocenters. The summed E-state index contributed by atoms with van der Waals surface area (Å²) in [4.78, 5) is 36.3. The molecule has 3 rings (SSSR count). The van der Waals surface area contributed by atoms with Gasteiger partial charge in [-0.15, -0.1) is 0 Å². The Bertz CT molecular complexity index is 1160. The average Bonchev–Trinajstić information content (AvgIpc) is 2.82. The van der Waals surface area contributed by atoms with Crippen molar-refractivity contribution in [3.05, 3.63) is 64.2 Å². The summed E-state index contributed by atoms with van der Waals surface area (Å²) in [6.45, 7) is 1.95. The van der Waals surface area contributed by atoms with E-state index in [9.17, 15) is 22.8 Å². The Labute approximate surface area is 195 Å². The van der Waals surface area contributed by atoms with Crippen molar-refractivity contribution in [2.75, 3.05) is 32.9 Å². The number of halogens is 1. The smallest absolute Gasteiger partial charge is 0.338 e. The monoisotopic (exact) mass is 495 g/mol. The molecule has 1 aliphatic heterocycles. The Kier molecular flexibility index (Phi) is 8.03. The SMILES string of the molecule is Cc1ccc(C(=O)OCC(=O)NNC(=O)c2ccccc2Cl)cc1S(=O)(=O)N1CCOCC1. The topological polar surface area (TPSA) is 131 Å². The van der Waals surface area contributed by atoms with Gasteiger partial charge in [0.15, 0.2) is 6.61 Å². The normalized spacial score (nSPS) is 14.4. The average molecular weight is 496 g/mol. The minimum absolute atomic E-state index is 0.0182. The van der Waals surface area contributed by atoms with Crippen molar-refractivity contribution < 1.29 is 32.3 Å². The summed E-state index contributed by atoms with van der Waals surface area (Å²) in [5, 5.41) is 0.206. The molecule has 1 fully saturated rings. The van der Waals surface area contributed by atoms with E-state index < -0.39 is 34.4 Å². The second kappa shape index (κ2) is 10.8. The maximum Gasteiger partial charge on any atom is 0.338 e. The van der Waals surface area contributed by atoms with Gasteiger partial charge in [-0.05, 0) is 36.8 Å². The van der Waals surface area contributed by atoms with E-state index in [-0.39, 0.29) is 34.1 Å². The number of ether oxygens (including phenoxy) is 2. The lowest BCUT2D eigenvalue weighted by atomic mass is 10.1. The summed E-state index contributed by atoms with van der Waals surface area (Å²) in [7, 11) is -3.82. The molecule has 0 bridgehead atoms. The van der Waals surface area contributed by atoms with Gasteiger partial charge >= 0.3 is 5.97 Å². The van der Waals surface area contributed by atoms with Crippen LogP contribution in [0, 0.1) is 6.92 Å². The number of aryl methyl sites for hydroxylation is 1. The number of nitrogens with one attached hydrogen (secondary N) is 2. The molecule has 2 aromatic rings. The van der Waals surface area contributed by atoms with Gasteiger partial charge in [-0.1, -0.05) is 29.8 Å². The highest BCUT2D eigenvalue weighted by molar-refractivity contribution is 7.89. The predicted octanol–water partition coefficient (Wildman–Crippen LogP) is 1.29. The number of nitrogens with zero attached hydrogens (tertiary/aromatic N) is 1. The fourth-order valence-corrected chi connectivity index (χ4v) is 4.90. The zero-order valence-corrected chi connectivity index (χ0v) is 19.2. The van der Waals surface area contributed by atoms with E-state index in [0.717, 1.165) is 0 Å². The van der Waals surface area contributed by atoms with Crippen LogP contribution in [0.4, 0.5) is 0 Å². The van der Waals surface area contributed by atoms with Crippen LogP contribution in [0.3, 0.4) is 0 Å². The van der Waals surface area contributed by atoms with Crippen molar-refractivity contribution in [3.63, 3.8) is 0 Å². The second-order valence-corrected chi connectivity index (χ2v) is 9.37. The number of esters is 1. The molecule has 2 N–H and O–H groups in total. The van der Waals surface area contributed by atoms with Crippen LogP contribution in [-0.2, 0) is 24.3 Å². The number of hydrogen-bond donors (Lipinski definition) is 2. The zero-order valence-electron chi connectivity index (χ0n) is 17.7. The summed E-state index contributed by atoms with van der Waals surface area (Å²) in [5.41, 5.74) is 4.88. The van der Waals surface area contributed by atoms with Crippen molar-refractivity contribution in [2.45, 2.75) is 11.8 Å². The van der Waals surface area contributed by atoms with Gasteiger partial charge in [-0.25, -0.2) is 13.2 Å². The molecule has 12 heteroatoms. The fraction of sp³-hybridized carbons (Fsp3) is 0.286. The Morgan fingerprint density at radius 1 is 1.09 bits per heavy atom. The molecule has 1 aliphatic rings. The summed E-state index contributed by atoms with van der Waals surface area (Å²) in [6, 6.07) is 10.4. The van der Waals surface area contributed by atoms with Crippen molar-refractivity contribution in [2.24, 2.45) is 0 Å². The first kappa shape index (κ1) is 24.6. The number of carbonyl (C=O) groups excluding carboxylic acids is 3. The second-order valence-electron chi connectivity index (χ2n) is 7.06. The molecule has 0 aromatic heterocycles. The van der Waals surface area contributed by atoms with Crippen molar-refractivity contribution in [3.8, 4) is 0 Å².